The van der Waals surface area contributed by atoms with E-state index in [1.807, 2.05) is 0 Å². The highest BCUT2D eigenvalue weighted by Crippen LogP contribution is 2.37. The number of rotatable bonds is 4. The zero-order chi connectivity index (χ0) is 15.6. The lowest BCUT2D eigenvalue weighted by molar-refractivity contribution is -0.114. The summed E-state index contributed by atoms with van der Waals surface area (Å²) in [6.07, 6.45) is 0. The number of aromatic nitrogens is 1. The molecule has 0 saturated carbocycles. The molecule has 1 aromatic carbocycles. The van der Waals surface area contributed by atoms with Crippen molar-refractivity contribution in [3.63, 3.8) is 0 Å². The predicted octanol–water partition coefficient (Wildman–Crippen LogP) is 1.93. The Kier molecular flexibility index (Phi) is 4.02. The van der Waals surface area contributed by atoms with Gasteiger partial charge in [0, 0.05) is 18.4 Å². The number of hydrogen-bond donors (Lipinski definition) is 2. The number of nitrogens with one attached hydrogen (secondary N) is 2. The summed E-state index contributed by atoms with van der Waals surface area (Å²) in [5, 5.41) is 3.26. The summed E-state index contributed by atoms with van der Waals surface area (Å²) in [5.74, 6) is 0.132. The fraction of sp³-hybridized carbons (Fsp3) is 0.286. The molecule has 0 saturated heterocycles. The number of carbonyl (C=O) groups excluding carboxylic acids is 2. The summed E-state index contributed by atoms with van der Waals surface area (Å²) in [4.78, 5) is 26.1. The van der Waals surface area contributed by atoms with E-state index in [0.29, 0.717) is 28.1 Å². The molecule has 0 aliphatic rings. The van der Waals surface area contributed by atoms with Crippen molar-refractivity contribution in [1.29, 1.82) is 0 Å². The molecule has 2 rings (SSSR count). The van der Waals surface area contributed by atoms with Crippen molar-refractivity contribution in [2.75, 3.05) is 26.6 Å². The quantitative estimate of drug-likeness (QED) is 0.840. The van der Waals surface area contributed by atoms with Crippen LogP contribution in [0.1, 0.15) is 17.4 Å². The third kappa shape index (κ3) is 2.62. The monoisotopic (exact) mass is 292 g/mol. The Morgan fingerprint density at radius 2 is 1.71 bits per heavy atom. The Hall–Kier alpha value is -2.70. The van der Waals surface area contributed by atoms with Crippen LogP contribution in [0.2, 0.25) is 0 Å². The molecule has 21 heavy (non-hydrogen) atoms. The summed E-state index contributed by atoms with van der Waals surface area (Å²) in [5.41, 5.74) is 1.14. The van der Waals surface area contributed by atoms with Crippen molar-refractivity contribution < 1.29 is 23.8 Å². The molecule has 0 aliphatic heterocycles. The normalized spacial score (nSPS) is 10.3. The standard InChI is InChI=1S/C14H16N2O5/c1-7(17)15-12-8-5-10(19-2)11(20-3)6-9(8)16-13(12)14(18)21-4/h5-6,16H,1-4H3,(H,15,17). The maximum Gasteiger partial charge on any atom is 0.356 e. The van der Waals surface area contributed by atoms with E-state index in [4.69, 9.17) is 14.2 Å². The number of fused-ring (bicyclic) bond motifs is 1. The van der Waals surface area contributed by atoms with Gasteiger partial charge in [-0.2, -0.15) is 0 Å². The van der Waals surface area contributed by atoms with Gasteiger partial charge in [-0.3, -0.25) is 4.79 Å². The molecule has 112 valence electrons. The fourth-order valence-corrected chi connectivity index (χ4v) is 2.08. The van der Waals surface area contributed by atoms with Crippen molar-refractivity contribution >= 4 is 28.5 Å². The molecule has 7 nitrogen and oxygen atoms in total. The summed E-state index contributed by atoms with van der Waals surface area (Å²) < 4.78 is 15.2. The Labute approximate surface area is 121 Å². The van der Waals surface area contributed by atoms with E-state index >= 15 is 0 Å². The molecule has 2 N–H and O–H groups in total. The minimum Gasteiger partial charge on any atom is -0.493 e. The van der Waals surface area contributed by atoms with Gasteiger partial charge in [-0.25, -0.2) is 4.79 Å². The van der Waals surface area contributed by atoms with Crippen molar-refractivity contribution in [3.05, 3.63) is 17.8 Å². The van der Waals surface area contributed by atoms with E-state index in [2.05, 4.69) is 10.3 Å². The highest BCUT2D eigenvalue weighted by molar-refractivity contribution is 6.11. The topological polar surface area (TPSA) is 89.7 Å². The second-order valence-corrected chi connectivity index (χ2v) is 4.30. The van der Waals surface area contributed by atoms with Crippen LogP contribution in [0.4, 0.5) is 5.69 Å². The second-order valence-electron chi connectivity index (χ2n) is 4.30. The predicted molar refractivity (Wildman–Crippen MR) is 77.0 cm³/mol. The molecule has 0 atom stereocenters. The number of methoxy groups -OCH3 is 3. The third-order valence-electron chi connectivity index (χ3n) is 2.99. The van der Waals surface area contributed by atoms with Gasteiger partial charge in [-0.15, -0.1) is 0 Å². The number of esters is 1. The maximum absolute atomic E-state index is 11.8. The summed E-state index contributed by atoms with van der Waals surface area (Å²) >= 11 is 0. The Bertz CT molecular complexity index is 705. The highest BCUT2D eigenvalue weighted by atomic mass is 16.5. The Morgan fingerprint density at radius 1 is 1.10 bits per heavy atom. The van der Waals surface area contributed by atoms with Gasteiger partial charge in [-0.1, -0.05) is 0 Å². The van der Waals surface area contributed by atoms with Crippen molar-refractivity contribution in [2.24, 2.45) is 0 Å². The molecule has 0 unspecified atom stereocenters. The SMILES string of the molecule is COC(=O)c1[nH]c2cc(OC)c(OC)cc2c1NC(C)=O. The van der Waals surface area contributed by atoms with E-state index < -0.39 is 5.97 Å². The van der Waals surface area contributed by atoms with Gasteiger partial charge < -0.3 is 24.5 Å². The van der Waals surface area contributed by atoms with Crippen LogP contribution in [0.25, 0.3) is 10.9 Å². The molecule has 0 bridgehead atoms. The molecule has 0 spiro atoms. The first-order valence-electron chi connectivity index (χ1n) is 6.15. The first-order chi connectivity index (χ1) is 10.0. The fourth-order valence-electron chi connectivity index (χ4n) is 2.08. The molecular weight excluding hydrogens is 276 g/mol. The van der Waals surface area contributed by atoms with Gasteiger partial charge >= 0.3 is 5.97 Å². The summed E-state index contributed by atoms with van der Waals surface area (Å²) in [6, 6.07) is 3.37. The van der Waals surface area contributed by atoms with Gasteiger partial charge in [0.05, 0.1) is 32.5 Å². The van der Waals surface area contributed by atoms with Gasteiger partial charge in [0.1, 0.15) is 5.69 Å². The van der Waals surface area contributed by atoms with Crippen LogP contribution in [0, 0.1) is 0 Å². The molecule has 0 radical (unpaired) electrons. The largest absolute Gasteiger partial charge is 0.493 e. The van der Waals surface area contributed by atoms with Crippen LogP contribution < -0.4 is 14.8 Å². The van der Waals surface area contributed by atoms with E-state index in [1.54, 1.807) is 12.1 Å². The number of amides is 1. The Balaban J connectivity index is 2.73. The molecular formula is C14H16N2O5. The number of benzene rings is 1. The first-order valence-corrected chi connectivity index (χ1v) is 6.15. The zero-order valence-corrected chi connectivity index (χ0v) is 12.2. The minimum atomic E-state index is -0.576. The molecule has 1 heterocycles. The van der Waals surface area contributed by atoms with Gasteiger partial charge in [0.25, 0.3) is 0 Å². The molecule has 0 fully saturated rings. The van der Waals surface area contributed by atoms with Crippen molar-refractivity contribution in [1.82, 2.24) is 4.98 Å². The summed E-state index contributed by atoms with van der Waals surface area (Å²) in [6.45, 7) is 1.36. The van der Waals surface area contributed by atoms with Crippen LogP contribution >= 0.6 is 0 Å². The van der Waals surface area contributed by atoms with Crippen LogP contribution in [-0.2, 0) is 9.53 Å². The van der Waals surface area contributed by atoms with Crippen LogP contribution in [0.5, 0.6) is 11.5 Å². The van der Waals surface area contributed by atoms with E-state index in [1.165, 1.54) is 28.3 Å². The summed E-state index contributed by atoms with van der Waals surface area (Å²) in [7, 11) is 4.30. The van der Waals surface area contributed by atoms with E-state index in [9.17, 15) is 9.59 Å². The second kappa shape index (κ2) is 5.74. The zero-order valence-electron chi connectivity index (χ0n) is 12.2. The minimum absolute atomic E-state index is 0.165. The number of hydrogen-bond acceptors (Lipinski definition) is 5. The molecule has 7 heteroatoms. The number of H-pyrrole nitrogens is 1. The smallest absolute Gasteiger partial charge is 0.356 e. The maximum atomic E-state index is 11.8. The molecule has 1 aromatic heterocycles. The van der Waals surface area contributed by atoms with Gasteiger partial charge in [-0.05, 0) is 6.07 Å². The number of carbonyl (C=O) groups is 2. The van der Waals surface area contributed by atoms with E-state index in [0.717, 1.165) is 0 Å². The highest BCUT2D eigenvalue weighted by Gasteiger charge is 2.21. The average molecular weight is 292 g/mol. The molecule has 0 aliphatic carbocycles. The van der Waals surface area contributed by atoms with Crippen molar-refractivity contribution in [3.8, 4) is 11.5 Å². The molecule has 2 aromatic rings. The van der Waals surface area contributed by atoms with Crippen molar-refractivity contribution in [2.45, 2.75) is 6.92 Å². The molecule has 1 amide bonds. The van der Waals surface area contributed by atoms with Gasteiger partial charge in [0.2, 0.25) is 5.91 Å². The number of aromatic amines is 1. The lowest BCUT2D eigenvalue weighted by atomic mass is 10.2. The lowest BCUT2D eigenvalue weighted by Gasteiger charge is -2.08. The average Bonchev–Trinajstić information content (AvgIpc) is 2.82. The first kappa shape index (κ1) is 14.7. The van der Waals surface area contributed by atoms with Crippen LogP contribution in [0.15, 0.2) is 12.1 Å². The van der Waals surface area contributed by atoms with Crippen LogP contribution in [0.3, 0.4) is 0 Å². The van der Waals surface area contributed by atoms with E-state index in [-0.39, 0.29) is 11.6 Å². The van der Waals surface area contributed by atoms with Crippen LogP contribution in [-0.4, -0.2) is 38.2 Å². The number of anilines is 1. The number of ether oxygens (including phenoxy) is 3. The lowest BCUT2D eigenvalue weighted by Crippen LogP contribution is -2.11. The van der Waals surface area contributed by atoms with Gasteiger partial charge in [0.15, 0.2) is 11.5 Å². The Morgan fingerprint density at radius 3 is 2.24 bits per heavy atom. The third-order valence-corrected chi connectivity index (χ3v) is 2.99.